The summed E-state index contributed by atoms with van der Waals surface area (Å²) >= 11 is 0. The molecule has 0 bridgehead atoms. The minimum absolute atomic E-state index is 0.0507. The van der Waals surface area contributed by atoms with E-state index in [4.69, 9.17) is 14.2 Å². The van der Waals surface area contributed by atoms with Crippen LogP contribution in [0.2, 0.25) is 0 Å². The van der Waals surface area contributed by atoms with Gasteiger partial charge in [0.05, 0.1) is 6.10 Å². The Balaban J connectivity index is 3.54. The van der Waals surface area contributed by atoms with E-state index >= 15 is 0 Å². The molecule has 0 aromatic carbocycles. The molecule has 0 N–H and O–H groups in total. The zero-order chi connectivity index (χ0) is 14.0. The summed E-state index contributed by atoms with van der Waals surface area (Å²) in [6, 6.07) is 0. The van der Waals surface area contributed by atoms with Gasteiger partial charge in [0, 0.05) is 0 Å². The molecule has 0 radical (unpaired) electrons. The van der Waals surface area contributed by atoms with Crippen molar-refractivity contribution >= 4 is 12.3 Å². The van der Waals surface area contributed by atoms with Crippen molar-refractivity contribution < 1.29 is 28.5 Å². The molecule has 0 fully saturated rings. The summed E-state index contributed by atoms with van der Waals surface area (Å²) in [5.74, 6) is 0. The van der Waals surface area contributed by atoms with Gasteiger partial charge in [-0.1, -0.05) is 13.3 Å². The second-order valence-corrected chi connectivity index (χ2v) is 4.08. The molecule has 0 spiro atoms. The summed E-state index contributed by atoms with van der Waals surface area (Å²) in [5, 5.41) is 0. The maximum absolute atomic E-state index is 11.1. The van der Waals surface area contributed by atoms with Crippen LogP contribution in [-0.4, -0.2) is 37.7 Å². The largest absolute Gasteiger partial charge is 0.508 e. The first-order valence-corrected chi connectivity index (χ1v) is 6.12. The predicted octanol–water partition coefficient (Wildman–Crippen LogP) is 2.89. The van der Waals surface area contributed by atoms with Gasteiger partial charge in [-0.05, 0) is 27.2 Å². The summed E-state index contributed by atoms with van der Waals surface area (Å²) in [5.41, 5.74) is 0. The van der Waals surface area contributed by atoms with E-state index in [1.54, 1.807) is 20.8 Å². The van der Waals surface area contributed by atoms with Crippen LogP contribution in [0.25, 0.3) is 0 Å². The molecular weight excluding hydrogens is 240 g/mol. The van der Waals surface area contributed by atoms with Crippen LogP contribution in [0.3, 0.4) is 0 Å². The first kappa shape index (κ1) is 16.5. The smallest absolute Gasteiger partial charge is 0.432 e. The molecular formula is C12H22O6. The lowest BCUT2D eigenvalue weighted by Crippen LogP contribution is -2.20. The number of rotatable bonds is 7. The fourth-order valence-electron chi connectivity index (χ4n) is 1.14. The highest BCUT2D eigenvalue weighted by atomic mass is 16.7. The van der Waals surface area contributed by atoms with Gasteiger partial charge >= 0.3 is 12.3 Å². The summed E-state index contributed by atoms with van der Waals surface area (Å²) in [6.07, 6.45) is -0.226. The quantitative estimate of drug-likeness (QED) is 0.519. The molecule has 0 aromatic rings. The zero-order valence-electron chi connectivity index (χ0n) is 11.4. The molecule has 0 aliphatic carbocycles. The molecule has 0 saturated heterocycles. The SMILES string of the molecule is CCCC(C)OC(=O)OCCOC(=O)OC(C)C. The molecule has 6 heteroatoms. The van der Waals surface area contributed by atoms with Crippen LogP contribution in [0.4, 0.5) is 9.59 Å². The fourth-order valence-corrected chi connectivity index (χ4v) is 1.14. The zero-order valence-corrected chi connectivity index (χ0v) is 11.4. The van der Waals surface area contributed by atoms with Crippen LogP contribution in [0.1, 0.15) is 40.5 Å². The molecule has 0 rings (SSSR count). The van der Waals surface area contributed by atoms with Crippen LogP contribution in [0, 0.1) is 0 Å². The van der Waals surface area contributed by atoms with Crippen molar-refractivity contribution in [2.75, 3.05) is 13.2 Å². The third-order valence-electron chi connectivity index (χ3n) is 1.85. The van der Waals surface area contributed by atoms with Crippen LogP contribution >= 0.6 is 0 Å². The maximum atomic E-state index is 11.1. The lowest BCUT2D eigenvalue weighted by atomic mass is 10.2. The van der Waals surface area contributed by atoms with Gasteiger partial charge in [0.1, 0.15) is 19.3 Å². The summed E-state index contributed by atoms with van der Waals surface area (Å²) in [6.45, 7) is 7.11. The fraction of sp³-hybridized carbons (Fsp3) is 0.833. The van der Waals surface area contributed by atoms with Gasteiger partial charge in [-0.3, -0.25) is 0 Å². The second kappa shape index (κ2) is 9.56. The van der Waals surface area contributed by atoms with Gasteiger partial charge in [0.2, 0.25) is 0 Å². The average Bonchev–Trinajstić information content (AvgIpc) is 2.23. The third kappa shape index (κ3) is 9.74. The Morgan fingerprint density at radius 3 is 1.89 bits per heavy atom. The molecule has 106 valence electrons. The summed E-state index contributed by atoms with van der Waals surface area (Å²) in [7, 11) is 0. The molecule has 18 heavy (non-hydrogen) atoms. The van der Waals surface area contributed by atoms with Gasteiger partial charge in [0.25, 0.3) is 0 Å². The lowest BCUT2D eigenvalue weighted by Gasteiger charge is -2.12. The standard InChI is InChI=1S/C12H22O6/c1-5-6-10(4)18-12(14)16-8-7-15-11(13)17-9(2)3/h9-10H,5-8H2,1-4H3. The number of carbonyl (C=O) groups is 2. The number of hydrogen-bond donors (Lipinski definition) is 0. The van der Waals surface area contributed by atoms with E-state index in [9.17, 15) is 9.59 Å². The third-order valence-corrected chi connectivity index (χ3v) is 1.85. The molecule has 0 aromatic heterocycles. The Hall–Kier alpha value is -1.46. The van der Waals surface area contributed by atoms with E-state index in [0.29, 0.717) is 0 Å². The first-order valence-electron chi connectivity index (χ1n) is 6.12. The van der Waals surface area contributed by atoms with Gasteiger partial charge in [-0.2, -0.15) is 0 Å². The molecule has 0 aliphatic heterocycles. The normalized spacial score (nSPS) is 11.8. The Bertz CT molecular complexity index is 251. The van der Waals surface area contributed by atoms with Crippen LogP contribution in [0.15, 0.2) is 0 Å². The number of hydrogen-bond acceptors (Lipinski definition) is 6. The highest BCUT2D eigenvalue weighted by molar-refractivity contribution is 5.61. The average molecular weight is 262 g/mol. The van der Waals surface area contributed by atoms with Crippen molar-refractivity contribution in [2.24, 2.45) is 0 Å². The van der Waals surface area contributed by atoms with Crippen LogP contribution < -0.4 is 0 Å². The Kier molecular flexibility index (Phi) is 8.78. The van der Waals surface area contributed by atoms with Crippen molar-refractivity contribution in [3.8, 4) is 0 Å². The number of carbonyl (C=O) groups excluding carboxylic acids is 2. The Labute approximate surface area is 108 Å². The summed E-state index contributed by atoms with van der Waals surface area (Å²) in [4.78, 5) is 22.1. The van der Waals surface area contributed by atoms with Crippen molar-refractivity contribution in [2.45, 2.75) is 52.7 Å². The number of ether oxygens (including phenoxy) is 4. The molecule has 6 nitrogen and oxygen atoms in total. The Morgan fingerprint density at radius 2 is 1.44 bits per heavy atom. The van der Waals surface area contributed by atoms with Crippen LogP contribution in [0.5, 0.6) is 0 Å². The molecule has 0 amide bonds. The van der Waals surface area contributed by atoms with Crippen LogP contribution in [-0.2, 0) is 18.9 Å². The molecule has 0 heterocycles. The highest BCUT2D eigenvalue weighted by Crippen LogP contribution is 2.02. The van der Waals surface area contributed by atoms with E-state index in [-0.39, 0.29) is 25.4 Å². The topological polar surface area (TPSA) is 71.1 Å². The Morgan fingerprint density at radius 1 is 0.944 bits per heavy atom. The van der Waals surface area contributed by atoms with E-state index in [2.05, 4.69) is 4.74 Å². The van der Waals surface area contributed by atoms with Crippen molar-refractivity contribution in [3.63, 3.8) is 0 Å². The molecule has 0 saturated carbocycles. The van der Waals surface area contributed by atoms with E-state index in [1.165, 1.54) is 0 Å². The molecule has 1 atom stereocenters. The highest BCUT2D eigenvalue weighted by Gasteiger charge is 2.11. The van der Waals surface area contributed by atoms with Crippen molar-refractivity contribution in [1.29, 1.82) is 0 Å². The van der Waals surface area contributed by atoms with Gasteiger partial charge in [-0.15, -0.1) is 0 Å². The minimum Gasteiger partial charge on any atom is -0.432 e. The molecule has 1 unspecified atom stereocenters. The van der Waals surface area contributed by atoms with Gasteiger partial charge in [-0.25, -0.2) is 9.59 Å². The van der Waals surface area contributed by atoms with E-state index in [1.807, 2.05) is 6.92 Å². The van der Waals surface area contributed by atoms with Crippen molar-refractivity contribution in [1.82, 2.24) is 0 Å². The summed E-state index contributed by atoms with van der Waals surface area (Å²) < 4.78 is 19.0. The predicted molar refractivity (Wildman–Crippen MR) is 64.4 cm³/mol. The molecule has 0 aliphatic rings. The van der Waals surface area contributed by atoms with Gasteiger partial charge < -0.3 is 18.9 Å². The second-order valence-electron chi connectivity index (χ2n) is 4.08. The monoisotopic (exact) mass is 262 g/mol. The van der Waals surface area contributed by atoms with Crippen molar-refractivity contribution in [3.05, 3.63) is 0 Å². The van der Waals surface area contributed by atoms with Gasteiger partial charge in [0.15, 0.2) is 0 Å². The lowest BCUT2D eigenvalue weighted by molar-refractivity contribution is -0.00157. The van der Waals surface area contributed by atoms with E-state index < -0.39 is 12.3 Å². The first-order chi connectivity index (χ1) is 8.45. The van der Waals surface area contributed by atoms with E-state index in [0.717, 1.165) is 12.8 Å². The minimum atomic E-state index is -0.777. The maximum Gasteiger partial charge on any atom is 0.508 e.